The molecule has 2 aromatic rings. The molecule has 0 aliphatic carbocycles. The minimum atomic E-state index is 0.303. The van der Waals surface area contributed by atoms with Crippen molar-refractivity contribution in [3.8, 4) is 11.5 Å². The molecule has 2 heterocycles. The first-order chi connectivity index (χ1) is 12.2. The van der Waals surface area contributed by atoms with Crippen molar-refractivity contribution in [3.05, 3.63) is 42.0 Å². The Labute approximate surface area is 149 Å². The third-order valence-corrected chi connectivity index (χ3v) is 4.68. The molecule has 0 unspecified atom stereocenters. The number of aromatic nitrogens is 2. The van der Waals surface area contributed by atoms with Crippen molar-refractivity contribution in [1.29, 1.82) is 0 Å². The average molecular weight is 345 g/mol. The molecule has 6 nitrogen and oxygen atoms in total. The van der Waals surface area contributed by atoms with Crippen LogP contribution in [0.2, 0.25) is 0 Å². The first kappa shape index (κ1) is 17.8. The van der Waals surface area contributed by atoms with E-state index < -0.39 is 0 Å². The second-order valence-electron chi connectivity index (χ2n) is 6.48. The largest absolute Gasteiger partial charge is 0.497 e. The fraction of sp³-hybridized carbons (Fsp3) is 0.526. The molecule has 0 radical (unpaired) electrons. The maximum atomic E-state index is 5.85. The van der Waals surface area contributed by atoms with Gasteiger partial charge in [-0.05, 0) is 18.9 Å². The van der Waals surface area contributed by atoms with Gasteiger partial charge in [-0.15, -0.1) is 0 Å². The van der Waals surface area contributed by atoms with E-state index in [0.29, 0.717) is 6.10 Å². The zero-order chi connectivity index (χ0) is 17.6. The molecule has 1 aliphatic heterocycles. The van der Waals surface area contributed by atoms with Gasteiger partial charge in [-0.2, -0.15) is 0 Å². The summed E-state index contributed by atoms with van der Waals surface area (Å²) in [5, 5.41) is 0. The van der Waals surface area contributed by atoms with Crippen LogP contribution < -0.4 is 9.47 Å². The van der Waals surface area contributed by atoms with E-state index in [9.17, 15) is 0 Å². The van der Waals surface area contributed by atoms with E-state index in [1.54, 1.807) is 14.2 Å². The number of hydrogen-bond donors (Lipinski definition) is 0. The Kier molecular flexibility index (Phi) is 5.94. The molecule has 0 amide bonds. The van der Waals surface area contributed by atoms with Gasteiger partial charge in [0.15, 0.2) is 0 Å². The Hall–Kier alpha value is -2.05. The summed E-state index contributed by atoms with van der Waals surface area (Å²) in [5.41, 5.74) is 2.33. The average Bonchev–Trinajstić information content (AvgIpc) is 3.27. The van der Waals surface area contributed by atoms with Gasteiger partial charge in [0.05, 0.1) is 32.3 Å². The lowest BCUT2D eigenvalue weighted by molar-refractivity contribution is 0.0669. The Morgan fingerprint density at radius 3 is 2.80 bits per heavy atom. The molecule has 1 atom stereocenters. The minimum Gasteiger partial charge on any atom is -0.497 e. The van der Waals surface area contributed by atoms with E-state index in [4.69, 9.17) is 14.2 Å². The monoisotopic (exact) mass is 345 g/mol. The molecule has 0 N–H and O–H groups in total. The Balaban J connectivity index is 1.77. The predicted octanol–water partition coefficient (Wildman–Crippen LogP) is 2.62. The first-order valence-electron chi connectivity index (χ1n) is 8.69. The highest BCUT2D eigenvalue weighted by Crippen LogP contribution is 2.27. The van der Waals surface area contributed by atoms with Crippen molar-refractivity contribution in [1.82, 2.24) is 14.5 Å². The van der Waals surface area contributed by atoms with Gasteiger partial charge in [0, 0.05) is 51.1 Å². The molecular weight excluding hydrogens is 318 g/mol. The van der Waals surface area contributed by atoms with Crippen LogP contribution in [0.3, 0.4) is 0 Å². The molecular formula is C19H27N3O3. The molecule has 6 heteroatoms. The molecule has 1 saturated heterocycles. The van der Waals surface area contributed by atoms with Gasteiger partial charge in [0.2, 0.25) is 0 Å². The van der Waals surface area contributed by atoms with Crippen LogP contribution in [0.15, 0.2) is 30.7 Å². The number of ether oxygens (including phenoxy) is 3. The van der Waals surface area contributed by atoms with Crippen LogP contribution in [-0.2, 0) is 24.9 Å². The van der Waals surface area contributed by atoms with Crippen molar-refractivity contribution in [3.63, 3.8) is 0 Å². The van der Waals surface area contributed by atoms with E-state index in [-0.39, 0.29) is 0 Å². The van der Waals surface area contributed by atoms with Gasteiger partial charge in [0.1, 0.15) is 11.5 Å². The fourth-order valence-corrected chi connectivity index (χ4v) is 3.25. The van der Waals surface area contributed by atoms with Crippen LogP contribution in [-0.4, -0.2) is 47.9 Å². The third kappa shape index (κ3) is 4.52. The van der Waals surface area contributed by atoms with E-state index >= 15 is 0 Å². The lowest BCUT2D eigenvalue weighted by Gasteiger charge is -2.26. The van der Waals surface area contributed by atoms with E-state index in [1.807, 2.05) is 31.7 Å². The molecule has 25 heavy (non-hydrogen) atoms. The molecule has 1 aromatic heterocycles. The minimum absolute atomic E-state index is 0.303. The number of hydrogen-bond acceptors (Lipinski definition) is 5. The highest BCUT2D eigenvalue weighted by molar-refractivity contribution is 5.40. The number of imidazole rings is 1. The quantitative estimate of drug-likeness (QED) is 0.736. The Morgan fingerprint density at radius 1 is 1.28 bits per heavy atom. The predicted molar refractivity (Wildman–Crippen MR) is 95.8 cm³/mol. The number of benzene rings is 1. The topological polar surface area (TPSA) is 48.8 Å². The highest BCUT2D eigenvalue weighted by atomic mass is 16.5. The maximum Gasteiger partial charge on any atom is 0.127 e. The number of nitrogens with zero attached hydrogens (tertiary/aromatic N) is 3. The van der Waals surface area contributed by atoms with Crippen LogP contribution >= 0.6 is 0 Å². The summed E-state index contributed by atoms with van der Waals surface area (Å²) in [6.07, 6.45) is 6.34. The van der Waals surface area contributed by atoms with Crippen LogP contribution in [0.25, 0.3) is 0 Å². The molecule has 1 fully saturated rings. The second kappa shape index (κ2) is 8.36. The SMILES string of the molecule is COc1ccc(CN(Cc2cncn2C)C[C@@H]2CCCO2)c(OC)c1. The second-order valence-corrected chi connectivity index (χ2v) is 6.48. The molecule has 0 saturated carbocycles. The number of rotatable bonds is 8. The molecule has 0 bridgehead atoms. The van der Waals surface area contributed by atoms with E-state index in [1.165, 1.54) is 5.69 Å². The van der Waals surface area contributed by atoms with Crippen molar-refractivity contribution >= 4 is 0 Å². The lowest BCUT2D eigenvalue weighted by Crippen LogP contribution is -2.32. The normalized spacial score (nSPS) is 17.2. The number of aryl methyl sites for hydroxylation is 1. The van der Waals surface area contributed by atoms with E-state index in [2.05, 4.69) is 20.5 Å². The smallest absolute Gasteiger partial charge is 0.127 e. The van der Waals surface area contributed by atoms with Crippen molar-refractivity contribution in [2.45, 2.75) is 32.0 Å². The summed E-state index contributed by atoms with van der Waals surface area (Å²) in [5.74, 6) is 1.65. The summed E-state index contributed by atoms with van der Waals surface area (Å²) in [7, 11) is 5.39. The highest BCUT2D eigenvalue weighted by Gasteiger charge is 2.21. The van der Waals surface area contributed by atoms with Crippen LogP contribution in [0, 0.1) is 0 Å². The van der Waals surface area contributed by atoms with Crippen molar-refractivity contribution in [2.24, 2.45) is 7.05 Å². The summed E-state index contributed by atoms with van der Waals surface area (Å²) in [6, 6.07) is 5.99. The van der Waals surface area contributed by atoms with Gasteiger partial charge in [-0.1, -0.05) is 6.07 Å². The van der Waals surface area contributed by atoms with Gasteiger partial charge in [0.25, 0.3) is 0 Å². The van der Waals surface area contributed by atoms with Crippen LogP contribution in [0.5, 0.6) is 11.5 Å². The standard InChI is InChI=1S/C19H27N3O3/c1-21-14-20-10-16(21)12-22(13-18-5-4-8-25-18)11-15-6-7-17(23-2)9-19(15)24-3/h6-7,9-10,14,18H,4-5,8,11-13H2,1-3H3/t18-/m0/s1. The lowest BCUT2D eigenvalue weighted by atomic mass is 10.1. The Morgan fingerprint density at radius 2 is 2.16 bits per heavy atom. The van der Waals surface area contributed by atoms with Gasteiger partial charge in [-0.25, -0.2) is 4.98 Å². The molecule has 1 aromatic carbocycles. The molecule has 0 spiro atoms. The van der Waals surface area contributed by atoms with E-state index in [0.717, 1.165) is 56.1 Å². The number of methoxy groups -OCH3 is 2. The Bertz CT molecular complexity index is 680. The van der Waals surface area contributed by atoms with Crippen molar-refractivity contribution in [2.75, 3.05) is 27.4 Å². The summed E-state index contributed by atoms with van der Waals surface area (Å²) < 4.78 is 18.8. The molecule has 3 rings (SSSR count). The zero-order valence-electron chi connectivity index (χ0n) is 15.3. The van der Waals surface area contributed by atoms with Crippen LogP contribution in [0.4, 0.5) is 0 Å². The zero-order valence-corrected chi connectivity index (χ0v) is 15.3. The molecule has 1 aliphatic rings. The van der Waals surface area contributed by atoms with Gasteiger partial charge < -0.3 is 18.8 Å². The van der Waals surface area contributed by atoms with Gasteiger partial charge in [-0.3, -0.25) is 4.90 Å². The third-order valence-electron chi connectivity index (χ3n) is 4.68. The summed E-state index contributed by atoms with van der Waals surface area (Å²) in [4.78, 5) is 6.63. The molecule has 136 valence electrons. The maximum absolute atomic E-state index is 5.85. The summed E-state index contributed by atoms with van der Waals surface area (Å²) >= 11 is 0. The van der Waals surface area contributed by atoms with Crippen LogP contribution in [0.1, 0.15) is 24.1 Å². The van der Waals surface area contributed by atoms with Gasteiger partial charge >= 0.3 is 0 Å². The first-order valence-corrected chi connectivity index (χ1v) is 8.69. The summed E-state index contributed by atoms with van der Waals surface area (Å²) in [6.45, 7) is 3.39. The fourth-order valence-electron chi connectivity index (χ4n) is 3.25. The van der Waals surface area contributed by atoms with Crippen molar-refractivity contribution < 1.29 is 14.2 Å².